The van der Waals surface area contributed by atoms with E-state index in [0.29, 0.717) is 0 Å². The average Bonchev–Trinajstić information content (AvgIpc) is 2.52. The highest BCUT2D eigenvalue weighted by Crippen LogP contribution is 2.35. The minimum Gasteiger partial charge on any atom is -0.308 e. The lowest BCUT2D eigenvalue weighted by Gasteiger charge is -2.11. The van der Waals surface area contributed by atoms with Crippen molar-refractivity contribution in [1.82, 2.24) is 10.3 Å². The van der Waals surface area contributed by atoms with E-state index in [2.05, 4.69) is 10.3 Å². The molecule has 1 N–H and O–H groups in total. The van der Waals surface area contributed by atoms with E-state index in [0.717, 1.165) is 6.20 Å². The summed E-state index contributed by atoms with van der Waals surface area (Å²) in [5.41, 5.74) is 0. The van der Waals surface area contributed by atoms with Crippen molar-refractivity contribution in [2.45, 2.75) is 18.6 Å². The molecule has 86 valence electrons. The van der Waals surface area contributed by atoms with Crippen LogP contribution in [0.2, 0.25) is 0 Å². The topological polar surface area (TPSA) is 24.9 Å². The number of hydrogen-bond acceptors (Lipinski definition) is 3. The van der Waals surface area contributed by atoms with Gasteiger partial charge in [-0.1, -0.05) is 0 Å². The van der Waals surface area contributed by atoms with Gasteiger partial charge in [0, 0.05) is 11.1 Å². The number of halogens is 5. The first-order valence-corrected chi connectivity index (χ1v) is 4.66. The lowest BCUT2D eigenvalue weighted by molar-refractivity contribution is -0.137. The second-order valence-electron chi connectivity index (χ2n) is 2.67. The fraction of sp³-hybridized carbons (Fsp3) is 0.571. The van der Waals surface area contributed by atoms with Gasteiger partial charge in [0.25, 0.3) is 6.43 Å². The summed E-state index contributed by atoms with van der Waals surface area (Å²) in [4.78, 5) is 2.93. The van der Waals surface area contributed by atoms with Crippen molar-refractivity contribution < 1.29 is 22.0 Å². The molecule has 2 nitrogen and oxygen atoms in total. The Hall–Kier alpha value is -0.760. The van der Waals surface area contributed by atoms with Crippen molar-refractivity contribution in [2.24, 2.45) is 0 Å². The Morgan fingerprint density at radius 2 is 2.00 bits per heavy atom. The van der Waals surface area contributed by atoms with Crippen LogP contribution in [-0.4, -0.2) is 18.5 Å². The van der Waals surface area contributed by atoms with Crippen LogP contribution in [0.3, 0.4) is 0 Å². The monoisotopic (exact) mass is 246 g/mol. The Morgan fingerprint density at radius 3 is 2.33 bits per heavy atom. The van der Waals surface area contributed by atoms with Crippen LogP contribution >= 0.6 is 11.3 Å². The Labute approximate surface area is 86.1 Å². The van der Waals surface area contributed by atoms with Crippen LogP contribution in [0, 0.1) is 0 Å². The standard InChI is InChI=1S/C7H7F5N2S/c1-13-4(5(8)9)3-2-14-6(15-3)7(10,11)12/h2,4-5,13H,1H3. The van der Waals surface area contributed by atoms with Gasteiger partial charge in [-0.05, 0) is 7.05 Å². The first-order chi connectivity index (χ1) is 6.86. The Balaban J connectivity index is 2.92. The van der Waals surface area contributed by atoms with Crippen LogP contribution in [0.15, 0.2) is 6.20 Å². The molecule has 0 aliphatic carbocycles. The molecule has 15 heavy (non-hydrogen) atoms. The fourth-order valence-electron chi connectivity index (χ4n) is 0.954. The molecule has 0 aliphatic heterocycles. The van der Waals surface area contributed by atoms with E-state index in [1.165, 1.54) is 7.05 Å². The molecule has 0 bridgehead atoms. The van der Waals surface area contributed by atoms with Gasteiger partial charge >= 0.3 is 6.18 Å². The Morgan fingerprint density at radius 1 is 1.40 bits per heavy atom. The molecule has 0 fully saturated rings. The highest BCUT2D eigenvalue weighted by Gasteiger charge is 2.36. The first-order valence-electron chi connectivity index (χ1n) is 3.84. The number of rotatable bonds is 3. The van der Waals surface area contributed by atoms with E-state index in [9.17, 15) is 22.0 Å². The van der Waals surface area contributed by atoms with Gasteiger partial charge in [-0.25, -0.2) is 13.8 Å². The maximum Gasteiger partial charge on any atom is 0.443 e. The summed E-state index contributed by atoms with van der Waals surface area (Å²) in [5, 5.41) is 1.12. The molecule has 0 amide bonds. The number of aromatic nitrogens is 1. The van der Waals surface area contributed by atoms with Crippen molar-refractivity contribution in [1.29, 1.82) is 0 Å². The molecule has 0 spiro atoms. The molecule has 0 radical (unpaired) electrons. The maximum atomic E-state index is 12.3. The predicted octanol–water partition coefficient (Wildman–Crippen LogP) is 2.69. The summed E-state index contributed by atoms with van der Waals surface area (Å²) >= 11 is 0.222. The van der Waals surface area contributed by atoms with Crippen LogP contribution in [-0.2, 0) is 6.18 Å². The average molecular weight is 246 g/mol. The van der Waals surface area contributed by atoms with E-state index in [1.807, 2.05) is 0 Å². The zero-order chi connectivity index (χ0) is 11.6. The molecule has 1 aromatic rings. The molecule has 0 aliphatic rings. The molecule has 1 atom stereocenters. The largest absolute Gasteiger partial charge is 0.443 e. The van der Waals surface area contributed by atoms with Gasteiger partial charge in [-0.2, -0.15) is 13.2 Å². The molecular formula is C7H7F5N2S. The Kier molecular flexibility index (Phi) is 3.61. The van der Waals surface area contributed by atoms with Crippen LogP contribution in [0.4, 0.5) is 22.0 Å². The highest BCUT2D eigenvalue weighted by atomic mass is 32.1. The van der Waals surface area contributed by atoms with E-state index >= 15 is 0 Å². The minimum atomic E-state index is -4.58. The summed E-state index contributed by atoms with van der Waals surface area (Å²) in [6.45, 7) is 0. The van der Waals surface area contributed by atoms with E-state index in [1.54, 1.807) is 0 Å². The fourth-order valence-corrected chi connectivity index (χ4v) is 1.85. The van der Waals surface area contributed by atoms with Gasteiger partial charge in [0.15, 0.2) is 5.01 Å². The third-order valence-corrected chi connectivity index (χ3v) is 2.76. The summed E-state index contributed by atoms with van der Waals surface area (Å²) in [7, 11) is 1.25. The number of thiazole rings is 1. The molecular weight excluding hydrogens is 239 g/mol. The second kappa shape index (κ2) is 4.40. The van der Waals surface area contributed by atoms with Gasteiger partial charge in [0.05, 0.1) is 0 Å². The maximum absolute atomic E-state index is 12.3. The summed E-state index contributed by atoms with van der Waals surface area (Å²) in [5.74, 6) is 0. The van der Waals surface area contributed by atoms with Gasteiger partial charge in [0.1, 0.15) is 6.04 Å². The van der Waals surface area contributed by atoms with Crippen molar-refractivity contribution >= 4 is 11.3 Å². The number of hydrogen-bond donors (Lipinski definition) is 1. The van der Waals surface area contributed by atoms with Crippen LogP contribution < -0.4 is 5.32 Å². The summed E-state index contributed by atoms with van der Waals surface area (Å²) < 4.78 is 61.0. The molecule has 1 heterocycles. The zero-order valence-electron chi connectivity index (χ0n) is 7.48. The lowest BCUT2D eigenvalue weighted by Crippen LogP contribution is -2.22. The first kappa shape index (κ1) is 12.3. The van der Waals surface area contributed by atoms with Crippen molar-refractivity contribution in [3.05, 3.63) is 16.1 Å². The van der Waals surface area contributed by atoms with Crippen LogP contribution in [0.5, 0.6) is 0 Å². The molecule has 1 rings (SSSR count). The van der Waals surface area contributed by atoms with Gasteiger partial charge in [-0.3, -0.25) is 0 Å². The Bertz CT molecular complexity index is 321. The number of nitrogens with one attached hydrogen (secondary N) is 1. The smallest absolute Gasteiger partial charge is 0.308 e. The third-order valence-electron chi connectivity index (χ3n) is 1.64. The highest BCUT2D eigenvalue weighted by molar-refractivity contribution is 7.11. The normalized spacial score (nSPS) is 14.6. The number of nitrogens with zero attached hydrogens (tertiary/aromatic N) is 1. The molecule has 1 aromatic heterocycles. The third kappa shape index (κ3) is 2.85. The van der Waals surface area contributed by atoms with Crippen molar-refractivity contribution in [3.8, 4) is 0 Å². The number of alkyl halides is 5. The zero-order valence-corrected chi connectivity index (χ0v) is 8.29. The SMILES string of the molecule is CNC(c1cnc(C(F)(F)F)s1)C(F)F. The van der Waals surface area contributed by atoms with Crippen LogP contribution in [0.1, 0.15) is 15.9 Å². The quantitative estimate of drug-likeness (QED) is 0.829. The second-order valence-corrected chi connectivity index (χ2v) is 3.73. The molecule has 0 aromatic carbocycles. The van der Waals surface area contributed by atoms with Crippen LogP contribution in [0.25, 0.3) is 0 Å². The van der Waals surface area contributed by atoms with Gasteiger partial charge < -0.3 is 5.32 Å². The van der Waals surface area contributed by atoms with Gasteiger partial charge in [0.2, 0.25) is 0 Å². The van der Waals surface area contributed by atoms with Gasteiger partial charge in [-0.15, -0.1) is 11.3 Å². The minimum absolute atomic E-state index is 0.125. The van der Waals surface area contributed by atoms with E-state index in [4.69, 9.17) is 0 Å². The van der Waals surface area contributed by atoms with E-state index < -0.39 is 23.7 Å². The molecule has 1 unspecified atom stereocenters. The summed E-state index contributed by atoms with van der Waals surface area (Å²) in [6, 6.07) is -1.40. The van der Waals surface area contributed by atoms with Crippen molar-refractivity contribution in [3.63, 3.8) is 0 Å². The molecule has 0 saturated carbocycles. The molecule has 8 heteroatoms. The predicted molar refractivity (Wildman–Crippen MR) is 44.9 cm³/mol. The lowest BCUT2D eigenvalue weighted by atomic mass is 10.3. The van der Waals surface area contributed by atoms with Crippen molar-refractivity contribution in [2.75, 3.05) is 7.05 Å². The molecule has 0 saturated heterocycles. The van der Waals surface area contributed by atoms with E-state index in [-0.39, 0.29) is 16.2 Å². The summed E-state index contributed by atoms with van der Waals surface area (Å²) in [6.07, 6.45) is -6.53.